The van der Waals surface area contributed by atoms with Gasteiger partial charge in [0.15, 0.2) is 0 Å². The highest BCUT2D eigenvalue weighted by atomic mass is 79.9. The van der Waals surface area contributed by atoms with Crippen molar-refractivity contribution in [2.24, 2.45) is 0 Å². The maximum Gasteiger partial charge on any atom is 0.137 e. The van der Waals surface area contributed by atoms with E-state index >= 15 is 0 Å². The van der Waals surface area contributed by atoms with E-state index < -0.39 is 0 Å². The fourth-order valence-corrected chi connectivity index (χ4v) is 2.03. The van der Waals surface area contributed by atoms with Crippen LogP contribution in [0.25, 0.3) is 11.4 Å². The zero-order valence-corrected chi connectivity index (χ0v) is 11.8. The highest BCUT2D eigenvalue weighted by Crippen LogP contribution is 2.20. The van der Waals surface area contributed by atoms with Gasteiger partial charge in [0.1, 0.15) is 5.82 Å². The highest BCUT2D eigenvalue weighted by Gasteiger charge is 2.03. The van der Waals surface area contributed by atoms with Gasteiger partial charge in [-0.05, 0) is 12.1 Å². The van der Waals surface area contributed by atoms with Crippen LogP contribution >= 0.6 is 15.9 Å². The third-order valence-corrected chi connectivity index (χ3v) is 3.02. The number of nitrogens with one attached hydrogen (secondary N) is 2. The lowest BCUT2D eigenvalue weighted by atomic mass is 10.2. The van der Waals surface area contributed by atoms with Gasteiger partial charge < -0.3 is 15.0 Å². The third-order valence-electron chi connectivity index (χ3n) is 2.52. The van der Waals surface area contributed by atoms with Crippen LogP contribution in [0.3, 0.4) is 0 Å². The van der Waals surface area contributed by atoms with Crippen LogP contribution in [-0.4, -0.2) is 30.2 Å². The topological polar surface area (TPSA) is 49.9 Å². The lowest BCUT2D eigenvalue weighted by Gasteiger charge is -2.01. The van der Waals surface area contributed by atoms with Crippen LogP contribution in [0, 0.1) is 0 Å². The van der Waals surface area contributed by atoms with Gasteiger partial charge in [0.05, 0.1) is 6.61 Å². The third kappa shape index (κ3) is 3.66. The van der Waals surface area contributed by atoms with Crippen molar-refractivity contribution in [1.29, 1.82) is 0 Å². The maximum absolute atomic E-state index is 4.97. The summed E-state index contributed by atoms with van der Waals surface area (Å²) in [5.74, 6) is 0.889. The van der Waals surface area contributed by atoms with Crippen molar-refractivity contribution in [3.63, 3.8) is 0 Å². The van der Waals surface area contributed by atoms with Crippen molar-refractivity contribution in [3.8, 4) is 11.4 Å². The number of nitrogens with zero attached hydrogens (tertiary/aromatic N) is 1. The van der Waals surface area contributed by atoms with Gasteiger partial charge in [0, 0.05) is 42.1 Å². The molecule has 1 aromatic carbocycles. The minimum Gasteiger partial charge on any atom is -0.383 e. The van der Waals surface area contributed by atoms with Gasteiger partial charge in [-0.1, -0.05) is 28.1 Å². The molecule has 2 rings (SSSR count). The molecule has 0 fully saturated rings. The molecular formula is C13H16BrN3O. The summed E-state index contributed by atoms with van der Waals surface area (Å²) in [7, 11) is 1.70. The van der Waals surface area contributed by atoms with Crippen LogP contribution in [0.4, 0.5) is 0 Å². The number of methoxy groups -OCH3 is 1. The summed E-state index contributed by atoms with van der Waals surface area (Å²) in [6.45, 7) is 2.32. The van der Waals surface area contributed by atoms with E-state index in [0.29, 0.717) is 6.61 Å². The fourth-order valence-electron chi connectivity index (χ4n) is 1.63. The number of hydrogen-bond acceptors (Lipinski definition) is 3. The van der Waals surface area contributed by atoms with E-state index in [9.17, 15) is 0 Å². The Hall–Kier alpha value is -1.17. The molecule has 0 saturated carbocycles. The molecule has 0 aliphatic carbocycles. The van der Waals surface area contributed by atoms with E-state index in [-0.39, 0.29) is 0 Å². The van der Waals surface area contributed by atoms with Crippen molar-refractivity contribution in [2.45, 2.75) is 6.54 Å². The second-order valence-corrected chi connectivity index (χ2v) is 4.85. The van der Waals surface area contributed by atoms with Crippen molar-refractivity contribution in [3.05, 3.63) is 40.6 Å². The Morgan fingerprint density at radius 2 is 2.33 bits per heavy atom. The largest absolute Gasteiger partial charge is 0.383 e. The molecule has 1 aromatic heterocycles. The van der Waals surface area contributed by atoms with Gasteiger partial charge in [-0.15, -0.1) is 0 Å². The summed E-state index contributed by atoms with van der Waals surface area (Å²) < 4.78 is 6.03. The zero-order chi connectivity index (χ0) is 12.8. The Labute approximate surface area is 115 Å². The first kappa shape index (κ1) is 13.3. The first-order chi connectivity index (χ1) is 8.79. The number of H-pyrrole nitrogens is 1. The first-order valence-corrected chi connectivity index (χ1v) is 6.58. The Bertz CT molecular complexity index is 498. The van der Waals surface area contributed by atoms with Crippen LogP contribution in [0.5, 0.6) is 0 Å². The quantitative estimate of drug-likeness (QED) is 0.806. The highest BCUT2D eigenvalue weighted by molar-refractivity contribution is 9.10. The van der Waals surface area contributed by atoms with Crippen molar-refractivity contribution in [2.75, 3.05) is 20.3 Å². The molecule has 18 heavy (non-hydrogen) atoms. The maximum atomic E-state index is 4.97. The molecule has 0 spiro atoms. The number of halogens is 1. The van der Waals surface area contributed by atoms with E-state index in [4.69, 9.17) is 4.74 Å². The van der Waals surface area contributed by atoms with Crippen molar-refractivity contribution in [1.82, 2.24) is 15.3 Å². The molecular weight excluding hydrogens is 294 g/mol. The predicted molar refractivity (Wildman–Crippen MR) is 75.3 cm³/mol. The molecule has 0 aliphatic rings. The van der Waals surface area contributed by atoms with Gasteiger partial charge in [-0.2, -0.15) is 0 Å². The average Bonchev–Trinajstić information content (AvgIpc) is 2.83. The van der Waals surface area contributed by atoms with Gasteiger partial charge in [-0.25, -0.2) is 4.98 Å². The van der Waals surface area contributed by atoms with Gasteiger partial charge in [0.2, 0.25) is 0 Å². The number of aromatic nitrogens is 2. The molecule has 0 atom stereocenters. The van der Waals surface area contributed by atoms with Crippen molar-refractivity contribution >= 4 is 15.9 Å². The van der Waals surface area contributed by atoms with E-state index in [1.807, 2.05) is 30.5 Å². The van der Waals surface area contributed by atoms with E-state index in [1.54, 1.807) is 7.11 Å². The Kier molecular flexibility index (Phi) is 4.92. The molecule has 96 valence electrons. The number of imidazole rings is 1. The van der Waals surface area contributed by atoms with E-state index in [0.717, 1.165) is 34.6 Å². The summed E-state index contributed by atoms with van der Waals surface area (Å²) in [6, 6.07) is 8.07. The molecule has 0 bridgehead atoms. The molecule has 4 nitrogen and oxygen atoms in total. The minimum atomic E-state index is 0.715. The molecule has 0 radical (unpaired) electrons. The number of rotatable bonds is 6. The predicted octanol–water partition coefficient (Wildman–Crippen LogP) is 2.58. The van der Waals surface area contributed by atoms with Crippen LogP contribution in [0.15, 0.2) is 34.9 Å². The summed E-state index contributed by atoms with van der Waals surface area (Å²) in [6.07, 6.45) is 1.86. The molecule has 0 saturated heterocycles. The van der Waals surface area contributed by atoms with E-state index in [2.05, 4.69) is 31.2 Å². The zero-order valence-electron chi connectivity index (χ0n) is 10.2. The Morgan fingerprint density at radius 3 is 3.11 bits per heavy atom. The Balaban J connectivity index is 1.97. The lowest BCUT2D eigenvalue weighted by Crippen LogP contribution is -2.18. The summed E-state index contributed by atoms with van der Waals surface area (Å²) in [5, 5.41) is 3.27. The molecule has 2 aromatic rings. The SMILES string of the molecule is COCCNCc1cnc(-c2cccc(Br)c2)[nH]1. The summed E-state index contributed by atoms with van der Waals surface area (Å²) in [4.78, 5) is 7.68. The number of hydrogen-bond donors (Lipinski definition) is 2. The Morgan fingerprint density at radius 1 is 1.44 bits per heavy atom. The van der Waals surface area contributed by atoms with Crippen LogP contribution in [0.1, 0.15) is 5.69 Å². The normalized spacial score (nSPS) is 10.8. The smallest absolute Gasteiger partial charge is 0.137 e. The number of aromatic amines is 1. The van der Waals surface area contributed by atoms with Gasteiger partial charge >= 0.3 is 0 Å². The molecule has 0 unspecified atom stereocenters. The standard InChI is InChI=1S/C13H16BrN3O/c1-18-6-5-15-8-12-9-16-13(17-12)10-3-2-4-11(14)7-10/h2-4,7,9,15H,5-6,8H2,1H3,(H,16,17). The van der Waals surface area contributed by atoms with E-state index in [1.165, 1.54) is 0 Å². The molecule has 0 amide bonds. The van der Waals surface area contributed by atoms with Gasteiger partial charge in [0.25, 0.3) is 0 Å². The second-order valence-electron chi connectivity index (χ2n) is 3.94. The molecule has 5 heteroatoms. The molecule has 1 heterocycles. The monoisotopic (exact) mass is 309 g/mol. The second kappa shape index (κ2) is 6.68. The van der Waals surface area contributed by atoms with Crippen molar-refractivity contribution < 1.29 is 4.74 Å². The summed E-state index contributed by atoms with van der Waals surface area (Å²) >= 11 is 3.46. The first-order valence-electron chi connectivity index (χ1n) is 5.79. The lowest BCUT2D eigenvalue weighted by molar-refractivity contribution is 0.199. The van der Waals surface area contributed by atoms with Crippen LogP contribution < -0.4 is 5.32 Å². The number of benzene rings is 1. The summed E-state index contributed by atoms with van der Waals surface area (Å²) in [5.41, 5.74) is 2.15. The average molecular weight is 310 g/mol. The van der Waals surface area contributed by atoms with Gasteiger partial charge in [-0.3, -0.25) is 0 Å². The van der Waals surface area contributed by atoms with Crippen LogP contribution in [-0.2, 0) is 11.3 Å². The molecule has 2 N–H and O–H groups in total. The molecule has 0 aliphatic heterocycles. The minimum absolute atomic E-state index is 0.715. The fraction of sp³-hybridized carbons (Fsp3) is 0.308. The number of ether oxygens (including phenoxy) is 1. The van der Waals surface area contributed by atoms with Crippen LogP contribution in [0.2, 0.25) is 0 Å².